The van der Waals surface area contributed by atoms with Gasteiger partial charge in [-0.05, 0) is 37.3 Å². The van der Waals surface area contributed by atoms with Crippen LogP contribution >= 0.6 is 23.4 Å². The molecule has 3 rings (SSSR count). The normalized spacial score (nSPS) is 12.3. The largest absolute Gasteiger partial charge is 0.431 e. The molecule has 0 aliphatic carbocycles. The quantitative estimate of drug-likeness (QED) is 0.690. The van der Waals surface area contributed by atoms with Gasteiger partial charge in [-0.1, -0.05) is 35.5 Å². The van der Waals surface area contributed by atoms with E-state index in [4.69, 9.17) is 16.0 Å². The molecule has 1 amide bonds. The molecule has 1 aromatic heterocycles. The molecule has 118 valence electrons. The van der Waals surface area contributed by atoms with Gasteiger partial charge in [0.15, 0.2) is 5.58 Å². The van der Waals surface area contributed by atoms with Crippen molar-refractivity contribution in [3.8, 4) is 0 Å². The van der Waals surface area contributed by atoms with Crippen molar-refractivity contribution < 1.29 is 13.6 Å². The Balaban J connectivity index is 1.68. The van der Waals surface area contributed by atoms with E-state index in [0.717, 1.165) is 5.52 Å². The lowest BCUT2D eigenvalue weighted by molar-refractivity contribution is -0.115. The van der Waals surface area contributed by atoms with Gasteiger partial charge < -0.3 is 9.73 Å². The molecule has 0 saturated carbocycles. The molecule has 0 spiro atoms. The van der Waals surface area contributed by atoms with Crippen molar-refractivity contribution in [3.05, 3.63) is 53.3 Å². The number of carbonyl (C=O) groups excluding carboxylic acids is 1. The molecule has 0 bridgehead atoms. The van der Waals surface area contributed by atoms with E-state index in [9.17, 15) is 9.18 Å². The molecule has 0 saturated heterocycles. The molecule has 1 N–H and O–H groups in total. The number of halogens is 2. The molecule has 1 atom stereocenters. The minimum absolute atomic E-state index is 0.0398. The third-order valence-corrected chi connectivity index (χ3v) is 4.34. The second-order valence-corrected chi connectivity index (χ2v) is 6.52. The van der Waals surface area contributed by atoms with Crippen molar-refractivity contribution in [1.82, 2.24) is 4.98 Å². The summed E-state index contributed by atoms with van der Waals surface area (Å²) in [6, 6.07) is 11.4. The van der Waals surface area contributed by atoms with E-state index in [1.807, 2.05) is 24.3 Å². The molecule has 4 nitrogen and oxygen atoms in total. The fourth-order valence-electron chi connectivity index (χ4n) is 1.92. The van der Waals surface area contributed by atoms with Crippen LogP contribution in [0.25, 0.3) is 11.1 Å². The first-order chi connectivity index (χ1) is 11.0. The number of aromatic nitrogens is 1. The van der Waals surface area contributed by atoms with Crippen molar-refractivity contribution in [1.29, 1.82) is 0 Å². The van der Waals surface area contributed by atoms with E-state index in [2.05, 4.69) is 10.3 Å². The Morgan fingerprint density at radius 1 is 1.35 bits per heavy atom. The van der Waals surface area contributed by atoms with Crippen LogP contribution in [0.3, 0.4) is 0 Å². The second-order valence-electron chi connectivity index (χ2n) is 4.83. The summed E-state index contributed by atoms with van der Waals surface area (Å²) in [6.45, 7) is 1.74. The number of nitrogens with one attached hydrogen (secondary N) is 1. The van der Waals surface area contributed by atoms with E-state index in [-0.39, 0.29) is 10.9 Å². The van der Waals surface area contributed by atoms with Crippen LogP contribution < -0.4 is 5.32 Å². The zero-order chi connectivity index (χ0) is 16.4. The molecule has 0 aliphatic rings. The predicted octanol–water partition coefficient (Wildman–Crippen LogP) is 4.74. The average Bonchev–Trinajstić information content (AvgIpc) is 2.93. The Kier molecular flexibility index (Phi) is 4.54. The van der Waals surface area contributed by atoms with Crippen LogP contribution in [0.5, 0.6) is 0 Å². The predicted molar refractivity (Wildman–Crippen MR) is 89.4 cm³/mol. The van der Waals surface area contributed by atoms with Crippen LogP contribution in [0, 0.1) is 5.82 Å². The summed E-state index contributed by atoms with van der Waals surface area (Å²) in [4.78, 5) is 16.5. The van der Waals surface area contributed by atoms with Crippen LogP contribution in [0.15, 0.2) is 52.1 Å². The molecule has 1 unspecified atom stereocenters. The van der Waals surface area contributed by atoms with Crippen molar-refractivity contribution >= 4 is 46.1 Å². The number of oxazole rings is 1. The van der Waals surface area contributed by atoms with Crippen LogP contribution in [0.1, 0.15) is 6.92 Å². The van der Waals surface area contributed by atoms with Gasteiger partial charge in [0.25, 0.3) is 5.22 Å². The van der Waals surface area contributed by atoms with Gasteiger partial charge in [0.2, 0.25) is 5.91 Å². The van der Waals surface area contributed by atoms with E-state index in [1.165, 1.54) is 30.0 Å². The first-order valence-electron chi connectivity index (χ1n) is 6.81. The maximum atomic E-state index is 13.1. The maximum Gasteiger partial charge on any atom is 0.257 e. The standard InChI is InChI=1S/C16H12ClFN2O2S/c1-9(15(21)19-10-6-7-12(18)11(17)8-10)23-16-20-13-4-2-3-5-14(13)22-16/h2-9H,1H3,(H,19,21). The van der Waals surface area contributed by atoms with Crippen LogP contribution in [0.2, 0.25) is 5.02 Å². The van der Waals surface area contributed by atoms with Crippen molar-refractivity contribution in [2.45, 2.75) is 17.4 Å². The molecule has 23 heavy (non-hydrogen) atoms. The van der Waals surface area contributed by atoms with Gasteiger partial charge >= 0.3 is 0 Å². The summed E-state index contributed by atoms with van der Waals surface area (Å²) in [5.41, 5.74) is 1.85. The van der Waals surface area contributed by atoms with Gasteiger partial charge in [-0.2, -0.15) is 0 Å². The van der Waals surface area contributed by atoms with E-state index < -0.39 is 11.1 Å². The Morgan fingerprint density at radius 2 is 2.13 bits per heavy atom. The molecular weight excluding hydrogens is 339 g/mol. The fraction of sp³-hybridized carbons (Fsp3) is 0.125. The minimum Gasteiger partial charge on any atom is -0.431 e. The van der Waals surface area contributed by atoms with Crippen molar-refractivity contribution in [2.75, 3.05) is 5.32 Å². The summed E-state index contributed by atoms with van der Waals surface area (Å²) in [6.07, 6.45) is 0. The summed E-state index contributed by atoms with van der Waals surface area (Å²) in [7, 11) is 0. The number of rotatable bonds is 4. The zero-order valence-corrected chi connectivity index (χ0v) is 13.6. The smallest absolute Gasteiger partial charge is 0.257 e. The summed E-state index contributed by atoms with van der Waals surface area (Å²) in [5.74, 6) is -0.779. The molecule has 1 heterocycles. The van der Waals surface area contributed by atoms with Crippen LogP contribution in [-0.2, 0) is 4.79 Å². The third kappa shape index (κ3) is 3.65. The maximum absolute atomic E-state index is 13.1. The van der Waals surface area contributed by atoms with E-state index >= 15 is 0 Å². The number of hydrogen-bond donors (Lipinski definition) is 1. The van der Waals surface area contributed by atoms with Gasteiger partial charge in [0, 0.05) is 5.69 Å². The third-order valence-electron chi connectivity index (χ3n) is 3.11. The number of thioether (sulfide) groups is 1. The first kappa shape index (κ1) is 15.8. The van der Waals surface area contributed by atoms with Crippen molar-refractivity contribution in [2.24, 2.45) is 0 Å². The van der Waals surface area contributed by atoms with E-state index in [1.54, 1.807) is 6.92 Å². The molecule has 3 aromatic rings. The molecule has 7 heteroatoms. The summed E-state index contributed by atoms with van der Waals surface area (Å²) < 4.78 is 18.7. The van der Waals surface area contributed by atoms with Crippen LogP contribution in [-0.4, -0.2) is 16.1 Å². The highest BCUT2D eigenvalue weighted by molar-refractivity contribution is 8.00. The molecular formula is C16H12ClFN2O2S. The Bertz CT molecular complexity index is 835. The van der Waals surface area contributed by atoms with Gasteiger partial charge in [-0.3, -0.25) is 4.79 Å². The lowest BCUT2D eigenvalue weighted by Crippen LogP contribution is -2.22. The average molecular weight is 351 g/mol. The van der Waals surface area contributed by atoms with Gasteiger partial charge in [-0.15, -0.1) is 0 Å². The number of benzene rings is 2. The second kappa shape index (κ2) is 6.60. The SMILES string of the molecule is CC(Sc1nc2ccccc2o1)C(=O)Nc1ccc(F)c(Cl)c1. The number of amides is 1. The topological polar surface area (TPSA) is 55.1 Å². The zero-order valence-electron chi connectivity index (χ0n) is 12.0. The monoisotopic (exact) mass is 350 g/mol. The minimum atomic E-state index is -0.529. The number of fused-ring (bicyclic) bond motifs is 1. The summed E-state index contributed by atoms with van der Waals surface area (Å²) >= 11 is 6.90. The molecule has 0 fully saturated rings. The number of para-hydroxylation sites is 2. The fourth-order valence-corrected chi connectivity index (χ4v) is 2.86. The highest BCUT2D eigenvalue weighted by Crippen LogP contribution is 2.27. The Morgan fingerprint density at radius 3 is 2.87 bits per heavy atom. The lowest BCUT2D eigenvalue weighted by Gasteiger charge is -2.10. The van der Waals surface area contributed by atoms with Gasteiger partial charge in [0.1, 0.15) is 11.3 Å². The van der Waals surface area contributed by atoms with E-state index in [0.29, 0.717) is 16.5 Å². The Labute approximate surface area is 141 Å². The number of anilines is 1. The van der Waals surface area contributed by atoms with Crippen molar-refractivity contribution in [3.63, 3.8) is 0 Å². The highest BCUT2D eigenvalue weighted by atomic mass is 35.5. The molecule has 0 radical (unpaired) electrons. The number of carbonyl (C=O) groups is 1. The van der Waals surface area contributed by atoms with Gasteiger partial charge in [-0.25, -0.2) is 9.37 Å². The van der Waals surface area contributed by atoms with Crippen LogP contribution in [0.4, 0.5) is 10.1 Å². The first-order valence-corrected chi connectivity index (χ1v) is 8.07. The summed E-state index contributed by atoms with van der Waals surface area (Å²) in [5, 5.41) is 2.63. The molecule has 2 aromatic carbocycles. The highest BCUT2D eigenvalue weighted by Gasteiger charge is 2.18. The molecule has 0 aliphatic heterocycles. The Hall–Kier alpha value is -2.05. The van der Waals surface area contributed by atoms with Gasteiger partial charge in [0.05, 0.1) is 10.3 Å². The lowest BCUT2D eigenvalue weighted by atomic mass is 10.3. The number of nitrogens with zero attached hydrogens (tertiary/aromatic N) is 1. The number of hydrogen-bond acceptors (Lipinski definition) is 4.